The lowest BCUT2D eigenvalue weighted by atomic mass is 9.99. The van der Waals surface area contributed by atoms with Crippen molar-refractivity contribution in [3.63, 3.8) is 0 Å². The number of benzene rings is 3. The summed E-state index contributed by atoms with van der Waals surface area (Å²) in [6.07, 6.45) is 2.20. The number of carbonyl (C=O) groups is 1. The van der Waals surface area contributed by atoms with Crippen LogP contribution in [-0.2, 0) is 0 Å². The number of methoxy groups -OCH3 is 1. The third-order valence-corrected chi connectivity index (χ3v) is 6.59. The minimum absolute atomic E-state index is 0.226. The zero-order valence-corrected chi connectivity index (χ0v) is 21.8. The van der Waals surface area contributed by atoms with Gasteiger partial charge >= 0.3 is 0 Å². The van der Waals surface area contributed by atoms with Crippen LogP contribution in [0.5, 0.6) is 17.2 Å². The molecule has 36 heavy (non-hydrogen) atoms. The average molecular weight is 525 g/mol. The first-order valence-corrected chi connectivity index (χ1v) is 12.7. The van der Waals surface area contributed by atoms with Gasteiger partial charge in [-0.3, -0.25) is 4.79 Å². The van der Waals surface area contributed by atoms with Gasteiger partial charge < -0.3 is 24.8 Å². The van der Waals surface area contributed by atoms with E-state index in [4.69, 9.17) is 38.0 Å². The number of fused-ring (bicyclic) bond motifs is 1. The largest absolute Gasteiger partial charge is 0.497 e. The molecule has 188 valence electrons. The van der Waals surface area contributed by atoms with Crippen molar-refractivity contribution < 1.29 is 19.0 Å². The summed E-state index contributed by atoms with van der Waals surface area (Å²) in [6, 6.07) is 20.0. The first kappa shape index (κ1) is 25.8. The van der Waals surface area contributed by atoms with Gasteiger partial charge in [-0.1, -0.05) is 43.2 Å². The molecule has 2 atom stereocenters. The van der Waals surface area contributed by atoms with Crippen molar-refractivity contribution in [2.75, 3.05) is 19.0 Å². The maximum atomic E-state index is 12.8. The summed E-state index contributed by atoms with van der Waals surface area (Å²) < 4.78 is 17.7. The number of nitrogens with one attached hydrogen (secondary N) is 2. The normalized spacial score (nSPS) is 14.8. The Balaban J connectivity index is 1.51. The Morgan fingerprint density at radius 1 is 1.08 bits per heavy atom. The number of unbranched alkanes of at least 4 members (excludes halogenated alkanes) is 1. The van der Waals surface area contributed by atoms with Crippen LogP contribution in [0.1, 0.15) is 48.0 Å². The fraction of sp³-hybridized carbons (Fsp3) is 0.286. The quantitative estimate of drug-likeness (QED) is 0.230. The van der Waals surface area contributed by atoms with E-state index in [0.717, 1.165) is 30.5 Å². The molecule has 3 aromatic carbocycles. The molecule has 1 aliphatic heterocycles. The highest BCUT2D eigenvalue weighted by atomic mass is 35.5. The van der Waals surface area contributed by atoms with Crippen molar-refractivity contribution in [3.05, 3.63) is 82.9 Å². The van der Waals surface area contributed by atoms with E-state index < -0.39 is 6.29 Å². The van der Waals surface area contributed by atoms with E-state index in [1.54, 1.807) is 43.5 Å². The van der Waals surface area contributed by atoms with Gasteiger partial charge in [0.05, 0.1) is 18.0 Å². The number of halogens is 1. The zero-order valence-electron chi connectivity index (χ0n) is 20.3. The predicted octanol–water partition coefficient (Wildman–Crippen LogP) is 6.59. The van der Waals surface area contributed by atoms with Gasteiger partial charge in [0, 0.05) is 34.8 Å². The Hall–Kier alpha value is -3.29. The van der Waals surface area contributed by atoms with Gasteiger partial charge in [-0.05, 0) is 67.1 Å². The standard InChI is InChI=1S/C28H29ClN2O4S/c1-3-4-8-25(34-21-15-11-19(29)12-16-21)35-24-7-5-6-23-26(24)22(17-30-23)28(36)31-27(32)18-9-13-20(33-2)14-10-18/h5-7,9-16,22,25,30H,3-4,8,17H2,1-2H3,(H,31,32,36). The molecule has 1 heterocycles. The van der Waals surface area contributed by atoms with Crippen molar-refractivity contribution in [1.29, 1.82) is 0 Å². The SMILES string of the molecule is CCCCC(Oc1ccc(Cl)cc1)Oc1cccc2c1C(C(=S)NC(=O)c1ccc(OC)cc1)CN2. The van der Waals surface area contributed by atoms with Crippen LogP contribution >= 0.6 is 23.8 Å². The summed E-state index contributed by atoms with van der Waals surface area (Å²) in [4.78, 5) is 13.2. The van der Waals surface area contributed by atoms with Crippen LogP contribution in [0, 0.1) is 0 Å². The van der Waals surface area contributed by atoms with Crippen molar-refractivity contribution in [2.24, 2.45) is 0 Å². The second-order valence-electron chi connectivity index (χ2n) is 8.46. The molecule has 0 fully saturated rings. The molecule has 6 nitrogen and oxygen atoms in total. The summed E-state index contributed by atoms with van der Waals surface area (Å²) in [5.41, 5.74) is 2.35. The van der Waals surface area contributed by atoms with Crippen LogP contribution in [0.3, 0.4) is 0 Å². The number of rotatable bonds is 10. The number of ether oxygens (including phenoxy) is 3. The Bertz CT molecular complexity index is 1200. The monoisotopic (exact) mass is 524 g/mol. The molecule has 0 aliphatic carbocycles. The van der Waals surface area contributed by atoms with Crippen LogP contribution in [0.15, 0.2) is 66.7 Å². The van der Waals surface area contributed by atoms with Crippen molar-refractivity contribution in [2.45, 2.75) is 38.4 Å². The summed E-state index contributed by atoms with van der Waals surface area (Å²) in [5, 5.41) is 6.92. The van der Waals surface area contributed by atoms with Gasteiger partial charge in [-0.25, -0.2) is 0 Å². The van der Waals surface area contributed by atoms with E-state index in [-0.39, 0.29) is 11.8 Å². The summed E-state index contributed by atoms with van der Waals surface area (Å²) >= 11 is 11.7. The molecule has 0 aromatic heterocycles. The summed E-state index contributed by atoms with van der Waals surface area (Å²) in [6.45, 7) is 2.69. The van der Waals surface area contributed by atoms with Crippen molar-refractivity contribution in [1.82, 2.24) is 5.32 Å². The fourth-order valence-electron chi connectivity index (χ4n) is 4.03. The topological polar surface area (TPSA) is 68.8 Å². The highest BCUT2D eigenvalue weighted by Crippen LogP contribution is 2.40. The van der Waals surface area contributed by atoms with Gasteiger partial charge in [-0.15, -0.1) is 0 Å². The minimum Gasteiger partial charge on any atom is -0.497 e. The van der Waals surface area contributed by atoms with E-state index in [2.05, 4.69) is 17.6 Å². The van der Waals surface area contributed by atoms with Crippen molar-refractivity contribution in [3.8, 4) is 17.2 Å². The molecule has 4 rings (SSSR count). The highest BCUT2D eigenvalue weighted by Gasteiger charge is 2.31. The zero-order chi connectivity index (χ0) is 25.5. The average Bonchev–Trinajstić information content (AvgIpc) is 3.34. The number of amides is 1. The van der Waals surface area contributed by atoms with E-state index in [9.17, 15) is 4.79 Å². The molecule has 3 aromatic rings. The van der Waals surface area contributed by atoms with Crippen LogP contribution in [0.4, 0.5) is 5.69 Å². The lowest BCUT2D eigenvalue weighted by Gasteiger charge is -2.23. The van der Waals surface area contributed by atoms with Crippen LogP contribution in [0.25, 0.3) is 0 Å². The number of thiocarbonyl (C=S) groups is 1. The molecule has 0 radical (unpaired) electrons. The van der Waals surface area contributed by atoms with Crippen LogP contribution in [0.2, 0.25) is 5.02 Å². The third-order valence-electron chi connectivity index (χ3n) is 5.95. The summed E-state index contributed by atoms with van der Waals surface area (Å²) in [7, 11) is 1.59. The number of anilines is 1. The molecular weight excluding hydrogens is 496 g/mol. The maximum absolute atomic E-state index is 12.8. The fourth-order valence-corrected chi connectivity index (χ4v) is 4.45. The smallest absolute Gasteiger partial charge is 0.256 e. The van der Waals surface area contributed by atoms with E-state index in [1.165, 1.54) is 0 Å². The molecule has 2 N–H and O–H groups in total. The molecule has 0 saturated heterocycles. The molecule has 0 bridgehead atoms. The second-order valence-corrected chi connectivity index (χ2v) is 9.34. The van der Waals surface area contributed by atoms with Crippen LogP contribution < -0.4 is 24.8 Å². The van der Waals surface area contributed by atoms with E-state index >= 15 is 0 Å². The lowest BCUT2D eigenvalue weighted by Crippen LogP contribution is -2.34. The molecule has 0 saturated carbocycles. The van der Waals surface area contributed by atoms with Crippen LogP contribution in [-0.4, -0.2) is 30.8 Å². The number of hydrogen-bond donors (Lipinski definition) is 2. The first-order chi connectivity index (χ1) is 17.5. The van der Waals surface area contributed by atoms with Gasteiger partial charge in [-0.2, -0.15) is 0 Å². The Morgan fingerprint density at radius 3 is 2.50 bits per heavy atom. The number of hydrogen-bond acceptors (Lipinski definition) is 6. The Morgan fingerprint density at radius 2 is 1.81 bits per heavy atom. The molecule has 2 unspecified atom stereocenters. The first-order valence-electron chi connectivity index (χ1n) is 11.9. The summed E-state index contributed by atoms with van der Waals surface area (Å²) in [5.74, 6) is 1.56. The molecule has 1 amide bonds. The molecule has 8 heteroatoms. The van der Waals surface area contributed by atoms with Gasteiger partial charge in [0.25, 0.3) is 5.91 Å². The predicted molar refractivity (Wildman–Crippen MR) is 147 cm³/mol. The second kappa shape index (κ2) is 12.1. The molecule has 0 spiro atoms. The van der Waals surface area contributed by atoms with Gasteiger partial charge in [0.1, 0.15) is 17.2 Å². The Kier molecular flexibility index (Phi) is 8.67. The van der Waals surface area contributed by atoms with E-state index in [0.29, 0.717) is 39.4 Å². The highest BCUT2D eigenvalue weighted by molar-refractivity contribution is 7.80. The van der Waals surface area contributed by atoms with Gasteiger partial charge in [0.15, 0.2) is 0 Å². The molecule has 1 aliphatic rings. The maximum Gasteiger partial charge on any atom is 0.256 e. The van der Waals surface area contributed by atoms with Gasteiger partial charge in [0.2, 0.25) is 6.29 Å². The minimum atomic E-state index is -0.485. The number of carbonyl (C=O) groups excluding carboxylic acids is 1. The Labute approximate surface area is 221 Å². The van der Waals surface area contributed by atoms with E-state index in [1.807, 2.05) is 30.3 Å². The van der Waals surface area contributed by atoms with Crippen molar-refractivity contribution >= 4 is 40.4 Å². The lowest BCUT2D eigenvalue weighted by molar-refractivity contribution is -0.00272. The molecular formula is C28H29ClN2O4S. The third kappa shape index (κ3) is 6.28.